The molecule has 0 aromatic heterocycles. The van der Waals surface area contributed by atoms with Crippen molar-refractivity contribution in [3.63, 3.8) is 0 Å². The molecule has 0 aliphatic carbocycles. The first-order valence-corrected chi connectivity index (χ1v) is 11.7. The fourth-order valence-electron chi connectivity index (χ4n) is 4.96. The summed E-state index contributed by atoms with van der Waals surface area (Å²) in [6, 6.07) is 16.6. The first-order chi connectivity index (χ1) is 14.2. The van der Waals surface area contributed by atoms with Crippen molar-refractivity contribution < 1.29 is 4.79 Å². The first kappa shape index (κ1) is 21.1. The second-order valence-electron chi connectivity index (χ2n) is 9.05. The van der Waals surface area contributed by atoms with Crippen molar-refractivity contribution in [2.75, 3.05) is 9.80 Å². The van der Waals surface area contributed by atoms with Gasteiger partial charge >= 0.3 is 0 Å². The Morgan fingerprint density at radius 1 is 1.17 bits per heavy atom. The average Bonchev–Trinajstić information content (AvgIpc) is 2.95. The van der Waals surface area contributed by atoms with Crippen LogP contribution in [0.4, 0.5) is 11.4 Å². The number of hydrogen-bond acceptors (Lipinski definition) is 4. The molecule has 2 aromatic carbocycles. The van der Waals surface area contributed by atoms with E-state index in [0.717, 1.165) is 17.7 Å². The number of carbonyl (C=O) groups excluding carboxylic acids is 1. The number of amides is 1. The van der Waals surface area contributed by atoms with Gasteiger partial charge in [-0.1, -0.05) is 55.2 Å². The van der Waals surface area contributed by atoms with Crippen molar-refractivity contribution >= 4 is 51.7 Å². The van der Waals surface area contributed by atoms with Crippen LogP contribution >= 0.6 is 24.0 Å². The van der Waals surface area contributed by atoms with Crippen LogP contribution in [0.25, 0.3) is 6.08 Å². The second kappa shape index (κ2) is 7.86. The standard InChI is InChI=1S/C25H28N2OS2/c1-16(2)27-21-12-11-18(13-20(21)17(3)15-25(27,4)5)14-22-23(28)26(24(29)30-22)19-9-7-6-8-10-19/h6-14,16-17H,15H2,1-5H3/b22-14-/t17-/m1/s1. The van der Waals surface area contributed by atoms with Crippen LogP contribution in [0.2, 0.25) is 0 Å². The molecule has 2 aromatic rings. The molecule has 0 bridgehead atoms. The monoisotopic (exact) mass is 436 g/mol. The Labute approximate surface area is 189 Å². The number of rotatable bonds is 3. The van der Waals surface area contributed by atoms with Crippen molar-refractivity contribution in [3.05, 3.63) is 64.6 Å². The molecule has 1 fully saturated rings. The van der Waals surface area contributed by atoms with Crippen LogP contribution in [0.5, 0.6) is 0 Å². The summed E-state index contributed by atoms with van der Waals surface area (Å²) in [7, 11) is 0. The molecule has 1 atom stereocenters. The molecule has 2 aliphatic heterocycles. The molecule has 2 aliphatic rings. The third kappa shape index (κ3) is 3.69. The Kier molecular flexibility index (Phi) is 5.54. The highest BCUT2D eigenvalue weighted by Gasteiger charge is 2.38. The highest BCUT2D eigenvalue weighted by molar-refractivity contribution is 8.27. The summed E-state index contributed by atoms with van der Waals surface area (Å²) >= 11 is 6.87. The molecule has 0 radical (unpaired) electrons. The lowest BCUT2D eigenvalue weighted by molar-refractivity contribution is -0.113. The SMILES string of the molecule is CC(C)N1c2ccc(/C=C3\SC(=S)N(c4ccccc4)C3=O)cc2[C@H](C)CC1(C)C. The molecule has 4 rings (SSSR count). The highest BCUT2D eigenvalue weighted by Crippen LogP contribution is 2.45. The van der Waals surface area contributed by atoms with Gasteiger partial charge in [0.25, 0.3) is 5.91 Å². The maximum Gasteiger partial charge on any atom is 0.270 e. The summed E-state index contributed by atoms with van der Waals surface area (Å²) in [6.45, 7) is 11.5. The van der Waals surface area contributed by atoms with Crippen molar-refractivity contribution in [3.8, 4) is 0 Å². The number of para-hydroxylation sites is 1. The Hall–Kier alpha value is -2.11. The number of anilines is 2. The van der Waals surface area contributed by atoms with Gasteiger partial charge in [-0.2, -0.15) is 0 Å². The zero-order chi connectivity index (χ0) is 21.6. The number of fused-ring (bicyclic) bond motifs is 1. The molecule has 3 nitrogen and oxygen atoms in total. The molecule has 1 saturated heterocycles. The second-order valence-corrected chi connectivity index (χ2v) is 10.7. The first-order valence-electron chi connectivity index (χ1n) is 10.5. The molecular weight excluding hydrogens is 408 g/mol. The van der Waals surface area contributed by atoms with Crippen LogP contribution in [-0.2, 0) is 4.79 Å². The number of thiocarbonyl (C=S) groups is 1. The Morgan fingerprint density at radius 2 is 1.87 bits per heavy atom. The predicted molar refractivity (Wildman–Crippen MR) is 133 cm³/mol. The van der Waals surface area contributed by atoms with Gasteiger partial charge in [0.2, 0.25) is 0 Å². The van der Waals surface area contributed by atoms with Gasteiger partial charge in [-0.05, 0) is 81.5 Å². The summed E-state index contributed by atoms with van der Waals surface area (Å²) in [5.74, 6) is 0.420. The topological polar surface area (TPSA) is 23.6 Å². The van der Waals surface area contributed by atoms with E-state index in [4.69, 9.17) is 12.2 Å². The molecular formula is C25H28N2OS2. The van der Waals surface area contributed by atoms with Gasteiger partial charge in [0, 0.05) is 17.3 Å². The summed E-state index contributed by atoms with van der Waals surface area (Å²) < 4.78 is 0.580. The summed E-state index contributed by atoms with van der Waals surface area (Å²) in [5, 5.41) is 0. The van der Waals surface area contributed by atoms with Gasteiger partial charge < -0.3 is 4.90 Å². The van der Waals surface area contributed by atoms with Crippen molar-refractivity contribution in [2.24, 2.45) is 0 Å². The third-order valence-corrected chi connectivity index (χ3v) is 7.22. The van der Waals surface area contributed by atoms with Crippen LogP contribution in [0, 0.1) is 0 Å². The zero-order valence-corrected chi connectivity index (χ0v) is 19.8. The molecule has 0 N–H and O–H groups in total. The largest absolute Gasteiger partial charge is 0.364 e. The minimum atomic E-state index is -0.0492. The minimum absolute atomic E-state index is 0.0492. The zero-order valence-electron chi connectivity index (χ0n) is 18.2. The van der Waals surface area contributed by atoms with E-state index in [1.165, 1.54) is 23.0 Å². The normalized spacial score (nSPS) is 22.2. The molecule has 0 saturated carbocycles. The Balaban J connectivity index is 1.68. The van der Waals surface area contributed by atoms with Crippen LogP contribution in [0.15, 0.2) is 53.4 Å². The number of benzene rings is 2. The maximum absolute atomic E-state index is 13.0. The molecule has 0 unspecified atom stereocenters. The third-order valence-electron chi connectivity index (χ3n) is 5.92. The lowest BCUT2D eigenvalue weighted by Gasteiger charge is -2.50. The van der Waals surface area contributed by atoms with Crippen LogP contribution < -0.4 is 9.80 Å². The van der Waals surface area contributed by atoms with Gasteiger partial charge in [0.05, 0.1) is 10.6 Å². The van der Waals surface area contributed by atoms with E-state index >= 15 is 0 Å². The predicted octanol–water partition coefficient (Wildman–Crippen LogP) is 6.59. The van der Waals surface area contributed by atoms with E-state index in [9.17, 15) is 4.79 Å². The maximum atomic E-state index is 13.0. The lowest BCUT2D eigenvalue weighted by Crippen LogP contribution is -2.51. The van der Waals surface area contributed by atoms with Crippen LogP contribution in [0.3, 0.4) is 0 Å². The van der Waals surface area contributed by atoms with Gasteiger partial charge in [-0.25, -0.2) is 0 Å². The van der Waals surface area contributed by atoms with Crippen molar-refractivity contribution in [1.82, 2.24) is 0 Å². The van der Waals surface area contributed by atoms with Gasteiger partial charge in [0.15, 0.2) is 4.32 Å². The van der Waals surface area contributed by atoms with E-state index < -0.39 is 0 Å². The fraction of sp³-hybridized carbons (Fsp3) is 0.360. The van der Waals surface area contributed by atoms with E-state index in [0.29, 0.717) is 21.2 Å². The van der Waals surface area contributed by atoms with E-state index in [1.54, 1.807) is 4.90 Å². The van der Waals surface area contributed by atoms with E-state index in [-0.39, 0.29) is 11.4 Å². The minimum Gasteiger partial charge on any atom is -0.364 e. The van der Waals surface area contributed by atoms with Crippen LogP contribution in [-0.4, -0.2) is 21.8 Å². The summed E-state index contributed by atoms with van der Waals surface area (Å²) in [4.78, 5) is 17.9. The molecule has 5 heteroatoms. The molecule has 2 heterocycles. The average molecular weight is 437 g/mol. The van der Waals surface area contributed by atoms with Gasteiger partial charge in [0.1, 0.15) is 0 Å². The number of thioether (sulfide) groups is 1. The summed E-state index contributed by atoms with van der Waals surface area (Å²) in [6.07, 6.45) is 3.09. The van der Waals surface area contributed by atoms with Crippen molar-refractivity contribution in [1.29, 1.82) is 0 Å². The fourth-order valence-corrected chi connectivity index (χ4v) is 6.26. The Bertz CT molecular complexity index is 1030. The number of nitrogens with zero attached hydrogens (tertiary/aromatic N) is 2. The van der Waals surface area contributed by atoms with E-state index in [1.807, 2.05) is 36.4 Å². The quantitative estimate of drug-likeness (QED) is 0.400. The molecule has 156 valence electrons. The van der Waals surface area contributed by atoms with Gasteiger partial charge in [-0.15, -0.1) is 0 Å². The van der Waals surface area contributed by atoms with Gasteiger partial charge in [-0.3, -0.25) is 9.69 Å². The molecule has 0 spiro atoms. The lowest BCUT2D eigenvalue weighted by atomic mass is 9.79. The number of hydrogen-bond donors (Lipinski definition) is 0. The molecule has 1 amide bonds. The van der Waals surface area contributed by atoms with Crippen molar-refractivity contribution in [2.45, 2.75) is 58.5 Å². The van der Waals surface area contributed by atoms with E-state index in [2.05, 4.69) is 57.7 Å². The number of carbonyl (C=O) groups is 1. The molecule has 30 heavy (non-hydrogen) atoms. The smallest absolute Gasteiger partial charge is 0.270 e. The highest BCUT2D eigenvalue weighted by atomic mass is 32.2. The summed E-state index contributed by atoms with van der Waals surface area (Å²) in [5.41, 5.74) is 4.66. The van der Waals surface area contributed by atoms with Crippen LogP contribution in [0.1, 0.15) is 58.1 Å². The Morgan fingerprint density at radius 3 is 2.53 bits per heavy atom.